The Morgan fingerprint density at radius 1 is 1.29 bits per heavy atom. The van der Waals surface area contributed by atoms with Gasteiger partial charge >= 0.3 is 0 Å². The van der Waals surface area contributed by atoms with Crippen molar-refractivity contribution in [2.75, 3.05) is 5.73 Å². The molecule has 1 aromatic carbocycles. The van der Waals surface area contributed by atoms with Gasteiger partial charge in [0.2, 0.25) is 0 Å². The molecular formula is C15H13IN4O. The summed E-state index contributed by atoms with van der Waals surface area (Å²) in [6, 6.07) is 7.53. The van der Waals surface area contributed by atoms with E-state index in [1.54, 1.807) is 17.1 Å². The summed E-state index contributed by atoms with van der Waals surface area (Å²) in [5.41, 5.74) is 9.13. The summed E-state index contributed by atoms with van der Waals surface area (Å²) in [4.78, 5) is 20.9. The van der Waals surface area contributed by atoms with Crippen LogP contribution in [0.15, 0.2) is 41.6 Å². The third-order valence-electron chi connectivity index (χ3n) is 3.38. The number of rotatable bonds is 2. The molecule has 0 spiro atoms. The number of aryl methyl sites for hydroxylation is 1. The Morgan fingerprint density at radius 2 is 2.10 bits per heavy atom. The number of hydrogen-bond donors (Lipinski definition) is 1. The first-order chi connectivity index (χ1) is 10.1. The van der Waals surface area contributed by atoms with Crippen molar-refractivity contribution < 1.29 is 0 Å². The van der Waals surface area contributed by atoms with Gasteiger partial charge in [-0.15, -0.1) is 0 Å². The van der Waals surface area contributed by atoms with Crippen LogP contribution in [0.3, 0.4) is 0 Å². The average Bonchev–Trinajstić information content (AvgIpc) is 2.50. The zero-order chi connectivity index (χ0) is 15.0. The molecule has 0 unspecified atom stereocenters. The molecule has 2 N–H and O–H groups in total. The van der Waals surface area contributed by atoms with Gasteiger partial charge in [0.1, 0.15) is 0 Å². The van der Waals surface area contributed by atoms with Crippen molar-refractivity contribution in [2.24, 2.45) is 0 Å². The van der Waals surface area contributed by atoms with Gasteiger partial charge in [-0.3, -0.25) is 14.3 Å². The summed E-state index contributed by atoms with van der Waals surface area (Å²) in [6.45, 7) is 2.25. The summed E-state index contributed by atoms with van der Waals surface area (Å²) < 4.78 is 2.23. The maximum absolute atomic E-state index is 12.3. The lowest BCUT2D eigenvalue weighted by molar-refractivity contribution is 0.726. The minimum atomic E-state index is -0.0380. The fourth-order valence-electron chi connectivity index (χ4n) is 2.22. The van der Waals surface area contributed by atoms with Gasteiger partial charge in [0.05, 0.1) is 27.7 Å². The summed E-state index contributed by atoms with van der Waals surface area (Å²) in [6.07, 6.45) is 3.30. The molecule has 2 heterocycles. The molecule has 5 nitrogen and oxygen atoms in total. The predicted molar refractivity (Wildman–Crippen MR) is 91.2 cm³/mol. The molecule has 0 aliphatic carbocycles. The van der Waals surface area contributed by atoms with Gasteiger partial charge in [-0.2, -0.15) is 0 Å². The molecule has 0 aliphatic heterocycles. The average molecular weight is 392 g/mol. The lowest BCUT2D eigenvalue weighted by Crippen LogP contribution is -2.24. The van der Waals surface area contributed by atoms with E-state index in [9.17, 15) is 4.79 Å². The number of nitrogen functional groups attached to an aromatic ring is 1. The van der Waals surface area contributed by atoms with E-state index in [-0.39, 0.29) is 5.56 Å². The van der Waals surface area contributed by atoms with E-state index in [1.165, 1.54) is 0 Å². The highest BCUT2D eigenvalue weighted by Crippen LogP contribution is 2.22. The van der Waals surface area contributed by atoms with Crippen LogP contribution in [0, 0.1) is 10.5 Å². The standard InChI is InChI=1S/C15H13IN4O/c1-9-13(16)15(21)20(8-19-9)7-10-4-5-12(17)11-3-2-6-18-14(10)11/h2-6,8H,7,17H2,1H3. The van der Waals surface area contributed by atoms with Crippen molar-refractivity contribution in [3.63, 3.8) is 0 Å². The van der Waals surface area contributed by atoms with Crippen molar-refractivity contribution >= 4 is 39.2 Å². The highest BCUT2D eigenvalue weighted by Gasteiger charge is 2.09. The number of aromatic nitrogens is 3. The van der Waals surface area contributed by atoms with Gasteiger partial charge in [0.25, 0.3) is 5.56 Å². The lowest BCUT2D eigenvalue weighted by atomic mass is 10.1. The zero-order valence-electron chi connectivity index (χ0n) is 11.4. The van der Waals surface area contributed by atoms with E-state index in [0.29, 0.717) is 15.8 Å². The summed E-state index contributed by atoms with van der Waals surface area (Å²) in [7, 11) is 0. The Balaban J connectivity index is 2.13. The maximum Gasteiger partial charge on any atom is 0.267 e. The largest absolute Gasteiger partial charge is 0.398 e. The van der Waals surface area contributed by atoms with E-state index in [4.69, 9.17) is 5.73 Å². The Hall–Kier alpha value is -1.96. The van der Waals surface area contributed by atoms with Gasteiger partial charge < -0.3 is 5.73 Å². The smallest absolute Gasteiger partial charge is 0.267 e. The first-order valence-electron chi connectivity index (χ1n) is 6.41. The van der Waals surface area contributed by atoms with Crippen LogP contribution in [-0.4, -0.2) is 14.5 Å². The Bertz CT molecular complexity index is 888. The third kappa shape index (κ3) is 2.51. The number of nitrogens with zero attached hydrogens (tertiary/aromatic N) is 3. The van der Waals surface area contributed by atoms with Gasteiger partial charge in [-0.05, 0) is 53.3 Å². The second-order valence-electron chi connectivity index (χ2n) is 4.79. The highest BCUT2D eigenvalue weighted by atomic mass is 127. The van der Waals surface area contributed by atoms with Crippen LogP contribution < -0.4 is 11.3 Å². The van der Waals surface area contributed by atoms with Crippen LogP contribution in [0.25, 0.3) is 10.9 Å². The fourth-order valence-corrected chi connectivity index (χ4v) is 2.67. The molecule has 0 fully saturated rings. The molecule has 3 aromatic rings. The molecule has 0 atom stereocenters. The second-order valence-corrected chi connectivity index (χ2v) is 5.87. The van der Waals surface area contributed by atoms with Crippen LogP contribution in [0.1, 0.15) is 11.3 Å². The number of nitrogens with two attached hydrogens (primary N) is 1. The van der Waals surface area contributed by atoms with Crippen molar-refractivity contribution in [1.29, 1.82) is 0 Å². The van der Waals surface area contributed by atoms with Crippen molar-refractivity contribution in [3.8, 4) is 0 Å². The summed E-state index contributed by atoms with van der Waals surface area (Å²) in [5.74, 6) is 0. The van der Waals surface area contributed by atoms with Crippen molar-refractivity contribution in [3.05, 3.63) is 62.0 Å². The highest BCUT2D eigenvalue weighted by molar-refractivity contribution is 14.1. The summed E-state index contributed by atoms with van der Waals surface area (Å²) in [5, 5.41) is 0.901. The van der Waals surface area contributed by atoms with E-state index >= 15 is 0 Å². The van der Waals surface area contributed by atoms with Crippen molar-refractivity contribution in [1.82, 2.24) is 14.5 Å². The molecular weight excluding hydrogens is 379 g/mol. The fraction of sp³-hybridized carbons (Fsp3) is 0.133. The minimum absolute atomic E-state index is 0.0380. The molecule has 0 aliphatic rings. The molecule has 0 saturated carbocycles. The number of halogens is 1. The molecule has 0 amide bonds. The molecule has 6 heteroatoms. The number of hydrogen-bond acceptors (Lipinski definition) is 4. The minimum Gasteiger partial charge on any atom is -0.398 e. The van der Waals surface area contributed by atoms with Crippen LogP contribution in [0.5, 0.6) is 0 Å². The van der Waals surface area contributed by atoms with Gasteiger partial charge in [-0.25, -0.2) is 4.98 Å². The molecule has 0 saturated heterocycles. The van der Waals surface area contributed by atoms with Gasteiger partial charge in [-0.1, -0.05) is 6.07 Å². The number of pyridine rings is 1. The van der Waals surface area contributed by atoms with Gasteiger partial charge in [0.15, 0.2) is 0 Å². The number of fused-ring (bicyclic) bond motifs is 1. The Kier molecular flexibility index (Phi) is 3.62. The number of anilines is 1. The molecule has 2 aromatic heterocycles. The third-order valence-corrected chi connectivity index (χ3v) is 4.63. The monoisotopic (exact) mass is 392 g/mol. The topological polar surface area (TPSA) is 73.8 Å². The quantitative estimate of drug-likeness (QED) is 0.537. The molecule has 0 bridgehead atoms. The molecule has 3 rings (SSSR count). The van der Waals surface area contributed by atoms with E-state index < -0.39 is 0 Å². The number of benzene rings is 1. The maximum atomic E-state index is 12.3. The van der Waals surface area contributed by atoms with Crippen LogP contribution in [0.2, 0.25) is 0 Å². The van der Waals surface area contributed by atoms with E-state index in [2.05, 4.69) is 9.97 Å². The Morgan fingerprint density at radius 3 is 2.90 bits per heavy atom. The van der Waals surface area contributed by atoms with Crippen molar-refractivity contribution in [2.45, 2.75) is 13.5 Å². The van der Waals surface area contributed by atoms with E-state index in [1.807, 2.05) is 53.8 Å². The molecule has 106 valence electrons. The Labute approximate surface area is 135 Å². The predicted octanol–water partition coefficient (Wildman–Crippen LogP) is 2.34. The first-order valence-corrected chi connectivity index (χ1v) is 7.49. The molecule has 0 radical (unpaired) electrons. The summed E-state index contributed by atoms with van der Waals surface area (Å²) >= 11 is 2.03. The van der Waals surface area contributed by atoms with Crippen LogP contribution in [0.4, 0.5) is 5.69 Å². The first kappa shape index (κ1) is 14.0. The van der Waals surface area contributed by atoms with Gasteiger partial charge in [0, 0.05) is 17.3 Å². The van der Waals surface area contributed by atoms with Crippen LogP contribution >= 0.6 is 22.6 Å². The second kappa shape index (κ2) is 5.44. The van der Waals surface area contributed by atoms with Crippen LogP contribution in [-0.2, 0) is 6.54 Å². The normalized spacial score (nSPS) is 11.0. The van der Waals surface area contributed by atoms with E-state index in [0.717, 1.165) is 22.2 Å². The lowest BCUT2D eigenvalue weighted by Gasteiger charge is -2.10. The SMILES string of the molecule is Cc1ncn(Cc2ccc(N)c3cccnc23)c(=O)c1I. The molecule has 21 heavy (non-hydrogen) atoms. The zero-order valence-corrected chi connectivity index (χ0v) is 13.5.